The van der Waals surface area contributed by atoms with Crippen molar-refractivity contribution in [3.05, 3.63) is 23.8 Å². The van der Waals surface area contributed by atoms with Crippen molar-refractivity contribution in [2.75, 3.05) is 22.0 Å². The summed E-state index contributed by atoms with van der Waals surface area (Å²) in [4.78, 5) is 11.4. The minimum absolute atomic E-state index is 0.208. The smallest absolute Gasteiger partial charge is 0.325 e. The van der Waals surface area contributed by atoms with Crippen molar-refractivity contribution in [1.29, 1.82) is 0 Å². The lowest BCUT2D eigenvalue weighted by atomic mass is 10.2. The monoisotopic (exact) mass is 342 g/mol. The molecule has 0 fully saturated rings. The summed E-state index contributed by atoms with van der Waals surface area (Å²) in [5, 5.41) is 2.27. The first-order valence-electron chi connectivity index (χ1n) is 5.55. The second kappa shape index (κ2) is 6.56. The number of carbonyl (C=O) groups is 1. The molecule has 118 valence electrons. The fourth-order valence-corrected chi connectivity index (χ4v) is 2.34. The molecule has 0 heterocycles. The maximum Gasteiger partial charge on any atom is 0.442 e. The number of carbonyl (C=O) groups excluding carboxylic acids is 1. The zero-order chi connectivity index (χ0) is 16.3. The van der Waals surface area contributed by atoms with Crippen LogP contribution >= 0.6 is 11.8 Å². The van der Waals surface area contributed by atoms with E-state index < -0.39 is 39.0 Å². The molecule has 21 heavy (non-hydrogen) atoms. The summed E-state index contributed by atoms with van der Waals surface area (Å²) in [5.41, 5.74) is -3.41. The molecule has 0 spiro atoms. The third kappa shape index (κ3) is 7.23. The topological polar surface area (TPSA) is 75.3 Å². The van der Waals surface area contributed by atoms with E-state index in [9.17, 15) is 26.4 Å². The molecule has 0 aliphatic carbocycles. The van der Waals surface area contributed by atoms with Crippen LogP contribution in [0.4, 0.5) is 24.5 Å². The Morgan fingerprint density at radius 3 is 2.48 bits per heavy atom. The van der Waals surface area contributed by atoms with Crippen LogP contribution in [-0.2, 0) is 14.8 Å². The summed E-state index contributed by atoms with van der Waals surface area (Å²) in [7, 11) is -3.49. The molecule has 0 unspecified atom stereocenters. The Labute approximate surface area is 124 Å². The van der Waals surface area contributed by atoms with Gasteiger partial charge in [-0.25, -0.2) is 8.42 Å². The van der Waals surface area contributed by atoms with Gasteiger partial charge in [0, 0.05) is 5.69 Å². The van der Waals surface area contributed by atoms with Crippen molar-refractivity contribution in [3.63, 3.8) is 0 Å². The minimum atomic E-state index is -4.48. The maximum atomic E-state index is 12.0. The molecule has 0 saturated carbocycles. The molecule has 0 radical (unpaired) electrons. The van der Waals surface area contributed by atoms with E-state index in [0.717, 1.165) is 6.26 Å². The highest BCUT2D eigenvalue weighted by Crippen LogP contribution is 2.30. The van der Waals surface area contributed by atoms with Gasteiger partial charge in [0.25, 0.3) is 0 Å². The Balaban J connectivity index is 2.76. The summed E-state index contributed by atoms with van der Waals surface area (Å²) in [6.45, 7) is 1.65. The molecule has 1 aromatic carbocycles. The van der Waals surface area contributed by atoms with Crippen LogP contribution < -0.4 is 10.0 Å². The van der Waals surface area contributed by atoms with Crippen molar-refractivity contribution in [3.8, 4) is 0 Å². The fourth-order valence-electron chi connectivity index (χ4n) is 1.35. The predicted molar refractivity (Wildman–Crippen MR) is 76.8 cm³/mol. The van der Waals surface area contributed by atoms with Gasteiger partial charge in [0.2, 0.25) is 15.9 Å². The minimum Gasteiger partial charge on any atom is -0.325 e. The Kier molecular flexibility index (Phi) is 5.51. The van der Waals surface area contributed by atoms with Crippen molar-refractivity contribution >= 4 is 39.1 Å². The largest absolute Gasteiger partial charge is 0.442 e. The highest BCUT2D eigenvalue weighted by molar-refractivity contribution is 8.00. The third-order valence-electron chi connectivity index (χ3n) is 2.18. The number of sulfonamides is 1. The van der Waals surface area contributed by atoms with Crippen LogP contribution in [0, 0.1) is 6.92 Å². The standard InChI is InChI=1S/C11H13F3N2O3S2/c1-7-3-4-8(5-9(7)16-21(2,18)19)15-10(17)6-20-11(12,13)14/h3-5,16H,6H2,1-2H3,(H,15,17). The third-order valence-corrected chi connectivity index (χ3v) is 3.51. The summed E-state index contributed by atoms with van der Waals surface area (Å²) in [6.07, 6.45) is 0.970. The molecule has 0 aliphatic rings. The number of thioether (sulfide) groups is 1. The molecular formula is C11H13F3N2O3S2. The lowest BCUT2D eigenvalue weighted by Gasteiger charge is -2.11. The van der Waals surface area contributed by atoms with Gasteiger partial charge in [0.05, 0.1) is 17.7 Å². The molecular weight excluding hydrogens is 329 g/mol. The molecule has 1 aromatic rings. The highest BCUT2D eigenvalue weighted by atomic mass is 32.2. The molecule has 0 bridgehead atoms. The Bertz CT molecular complexity index is 630. The highest BCUT2D eigenvalue weighted by Gasteiger charge is 2.29. The van der Waals surface area contributed by atoms with Crippen molar-refractivity contribution in [2.24, 2.45) is 0 Å². The zero-order valence-corrected chi connectivity index (χ0v) is 12.7. The predicted octanol–water partition coefficient (Wildman–Crippen LogP) is 2.56. The van der Waals surface area contributed by atoms with Crippen molar-refractivity contribution in [1.82, 2.24) is 0 Å². The van der Waals surface area contributed by atoms with Gasteiger partial charge in [-0.2, -0.15) is 13.2 Å². The number of anilines is 2. The lowest BCUT2D eigenvalue weighted by molar-refractivity contribution is -0.114. The summed E-state index contributed by atoms with van der Waals surface area (Å²) in [5.74, 6) is -1.60. The summed E-state index contributed by atoms with van der Waals surface area (Å²) < 4.78 is 60.5. The van der Waals surface area contributed by atoms with Gasteiger partial charge in [0.1, 0.15) is 0 Å². The number of halogens is 3. The maximum absolute atomic E-state index is 12.0. The number of aryl methyl sites for hydroxylation is 1. The van der Waals surface area contributed by atoms with Crippen LogP contribution in [0.1, 0.15) is 5.56 Å². The van der Waals surface area contributed by atoms with E-state index in [4.69, 9.17) is 0 Å². The average Bonchev–Trinajstić information content (AvgIpc) is 2.28. The Morgan fingerprint density at radius 1 is 1.33 bits per heavy atom. The molecule has 10 heteroatoms. The SMILES string of the molecule is Cc1ccc(NC(=O)CSC(F)(F)F)cc1NS(C)(=O)=O. The second-order valence-corrected chi connectivity index (χ2v) is 6.98. The van der Waals surface area contributed by atoms with Gasteiger partial charge in [0.15, 0.2) is 0 Å². The first-order valence-corrected chi connectivity index (χ1v) is 8.43. The van der Waals surface area contributed by atoms with Crippen LogP contribution in [0.2, 0.25) is 0 Å². The molecule has 0 aliphatic heterocycles. The molecule has 0 aromatic heterocycles. The van der Waals surface area contributed by atoms with Gasteiger partial charge in [-0.1, -0.05) is 6.07 Å². The van der Waals surface area contributed by atoms with Crippen molar-refractivity contribution in [2.45, 2.75) is 12.4 Å². The van der Waals surface area contributed by atoms with Crippen LogP contribution in [-0.4, -0.2) is 31.8 Å². The van der Waals surface area contributed by atoms with Gasteiger partial charge in [-0.3, -0.25) is 9.52 Å². The molecule has 2 N–H and O–H groups in total. The van der Waals surface area contributed by atoms with E-state index in [1.165, 1.54) is 12.1 Å². The van der Waals surface area contributed by atoms with E-state index in [0.29, 0.717) is 5.56 Å². The number of hydrogen-bond acceptors (Lipinski definition) is 4. The van der Waals surface area contributed by atoms with E-state index in [1.807, 2.05) is 0 Å². The molecule has 5 nitrogen and oxygen atoms in total. The van der Waals surface area contributed by atoms with E-state index in [2.05, 4.69) is 10.0 Å². The number of rotatable bonds is 5. The number of benzene rings is 1. The average molecular weight is 342 g/mol. The van der Waals surface area contributed by atoms with Crippen molar-refractivity contribution < 1.29 is 26.4 Å². The summed E-state index contributed by atoms with van der Waals surface area (Å²) >= 11 is -0.445. The van der Waals surface area contributed by atoms with E-state index in [1.54, 1.807) is 13.0 Å². The summed E-state index contributed by atoms with van der Waals surface area (Å²) in [6, 6.07) is 4.35. The molecule has 0 saturated heterocycles. The Morgan fingerprint density at radius 2 is 1.95 bits per heavy atom. The Hall–Kier alpha value is -1.42. The van der Waals surface area contributed by atoms with E-state index >= 15 is 0 Å². The van der Waals surface area contributed by atoms with Gasteiger partial charge >= 0.3 is 5.51 Å². The van der Waals surface area contributed by atoms with E-state index in [-0.39, 0.29) is 11.4 Å². The van der Waals surface area contributed by atoms with Crippen LogP contribution in [0.25, 0.3) is 0 Å². The van der Waals surface area contributed by atoms with Gasteiger partial charge in [-0.05, 0) is 36.4 Å². The second-order valence-electron chi connectivity index (χ2n) is 4.19. The number of amides is 1. The number of nitrogens with one attached hydrogen (secondary N) is 2. The lowest BCUT2D eigenvalue weighted by Crippen LogP contribution is -2.17. The van der Waals surface area contributed by atoms with Crippen LogP contribution in [0.5, 0.6) is 0 Å². The first-order chi connectivity index (χ1) is 9.46. The quantitative estimate of drug-likeness (QED) is 0.862. The fraction of sp³-hybridized carbons (Fsp3) is 0.364. The molecule has 1 rings (SSSR count). The van der Waals surface area contributed by atoms with Crippen LogP contribution in [0.15, 0.2) is 18.2 Å². The number of hydrogen-bond donors (Lipinski definition) is 2. The van der Waals surface area contributed by atoms with Gasteiger partial charge in [-0.15, -0.1) is 0 Å². The zero-order valence-electron chi connectivity index (χ0n) is 11.1. The first kappa shape index (κ1) is 17.6. The van der Waals surface area contributed by atoms with Crippen LogP contribution in [0.3, 0.4) is 0 Å². The molecule has 1 amide bonds. The molecule has 0 atom stereocenters. The number of alkyl halides is 3. The normalized spacial score (nSPS) is 12.0. The van der Waals surface area contributed by atoms with Gasteiger partial charge < -0.3 is 5.32 Å².